The van der Waals surface area contributed by atoms with E-state index in [1.54, 1.807) is 0 Å². The van der Waals surface area contributed by atoms with Crippen LogP contribution >= 0.6 is 0 Å². The van der Waals surface area contributed by atoms with E-state index in [4.69, 9.17) is 5.11 Å². The first-order valence-electron chi connectivity index (χ1n) is 7.42. The number of carbonyl (C=O) groups excluding carboxylic acids is 1. The van der Waals surface area contributed by atoms with Crippen molar-refractivity contribution in [1.29, 1.82) is 0 Å². The van der Waals surface area contributed by atoms with Gasteiger partial charge in [0.15, 0.2) is 0 Å². The highest BCUT2D eigenvalue weighted by Crippen LogP contribution is 2.28. The van der Waals surface area contributed by atoms with Crippen LogP contribution in [0.5, 0.6) is 0 Å². The van der Waals surface area contributed by atoms with Crippen LogP contribution in [0.1, 0.15) is 57.8 Å². The van der Waals surface area contributed by atoms with Gasteiger partial charge in [-0.25, -0.2) is 4.79 Å². The maximum Gasteiger partial charge on any atom is 0.314 e. The SMILES string of the molecule is O=C(O)CCCNC(=O)NCCCCC1CCCC1. The highest BCUT2D eigenvalue weighted by Gasteiger charge is 2.13. The molecule has 0 heterocycles. The Bertz CT molecular complexity index is 276. The third-order valence-electron chi connectivity index (χ3n) is 3.65. The van der Waals surface area contributed by atoms with Crippen molar-refractivity contribution in [2.75, 3.05) is 13.1 Å². The van der Waals surface area contributed by atoms with Crippen LogP contribution in [-0.4, -0.2) is 30.2 Å². The average Bonchev–Trinajstić information content (AvgIpc) is 2.87. The van der Waals surface area contributed by atoms with Crippen molar-refractivity contribution in [2.45, 2.75) is 57.8 Å². The van der Waals surface area contributed by atoms with E-state index in [-0.39, 0.29) is 12.5 Å². The van der Waals surface area contributed by atoms with Crippen molar-refractivity contribution in [2.24, 2.45) is 5.92 Å². The Balaban J connectivity index is 1.85. The predicted octanol–water partition coefficient (Wildman–Crippen LogP) is 2.51. The van der Waals surface area contributed by atoms with Gasteiger partial charge in [-0.05, 0) is 18.8 Å². The normalized spacial score (nSPS) is 15.4. The maximum absolute atomic E-state index is 11.3. The molecule has 1 aliphatic rings. The monoisotopic (exact) mass is 270 g/mol. The fourth-order valence-corrected chi connectivity index (χ4v) is 2.56. The van der Waals surface area contributed by atoms with Crippen LogP contribution in [0.2, 0.25) is 0 Å². The van der Waals surface area contributed by atoms with E-state index in [2.05, 4.69) is 10.6 Å². The molecule has 0 unspecified atom stereocenters. The van der Waals surface area contributed by atoms with E-state index in [1.165, 1.54) is 38.5 Å². The van der Waals surface area contributed by atoms with Crippen LogP contribution in [0.4, 0.5) is 4.79 Å². The van der Waals surface area contributed by atoms with Crippen LogP contribution in [0, 0.1) is 5.92 Å². The first-order chi connectivity index (χ1) is 9.18. The Labute approximate surface area is 115 Å². The molecule has 0 radical (unpaired) electrons. The van der Waals surface area contributed by atoms with E-state index in [0.29, 0.717) is 19.5 Å². The highest BCUT2D eigenvalue weighted by molar-refractivity contribution is 5.73. The first kappa shape index (κ1) is 15.8. The van der Waals surface area contributed by atoms with Crippen molar-refractivity contribution in [1.82, 2.24) is 10.6 Å². The van der Waals surface area contributed by atoms with Crippen LogP contribution in [0.15, 0.2) is 0 Å². The molecule has 0 aromatic rings. The third kappa shape index (κ3) is 8.46. The summed E-state index contributed by atoms with van der Waals surface area (Å²) < 4.78 is 0. The molecular formula is C14H26N2O3. The van der Waals surface area contributed by atoms with Crippen LogP contribution in [-0.2, 0) is 4.79 Å². The molecule has 0 saturated heterocycles. The van der Waals surface area contributed by atoms with E-state index >= 15 is 0 Å². The topological polar surface area (TPSA) is 78.4 Å². The summed E-state index contributed by atoms with van der Waals surface area (Å²) >= 11 is 0. The minimum Gasteiger partial charge on any atom is -0.481 e. The molecule has 0 aromatic heterocycles. The summed E-state index contributed by atoms with van der Waals surface area (Å²) in [4.78, 5) is 21.6. The largest absolute Gasteiger partial charge is 0.481 e. The van der Waals surface area contributed by atoms with Crippen LogP contribution < -0.4 is 10.6 Å². The summed E-state index contributed by atoms with van der Waals surface area (Å²) in [5.74, 6) is 0.0963. The van der Waals surface area contributed by atoms with Gasteiger partial charge in [0, 0.05) is 19.5 Å². The predicted molar refractivity (Wildman–Crippen MR) is 74.1 cm³/mol. The molecule has 2 amide bonds. The second kappa shape index (κ2) is 9.64. The van der Waals surface area contributed by atoms with E-state index in [0.717, 1.165) is 12.3 Å². The van der Waals surface area contributed by atoms with Gasteiger partial charge in [-0.2, -0.15) is 0 Å². The van der Waals surface area contributed by atoms with Gasteiger partial charge in [-0.15, -0.1) is 0 Å². The zero-order valence-corrected chi connectivity index (χ0v) is 11.6. The van der Waals surface area contributed by atoms with Gasteiger partial charge in [0.05, 0.1) is 0 Å². The smallest absolute Gasteiger partial charge is 0.314 e. The molecule has 0 bridgehead atoms. The van der Waals surface area contributed by atoms with Gasteiger partial charge in [0.25, 0.3) is 0 Å². The molecule has 1 rings (SSSR count). The number of rotatable bonds is 9. The molecule has 5 heteroatoms. The van der Waals surface area contributed by atoms with Crippen molar-refractivity contribution in [3.8, 4) is 0 Å². The fraction of sp³-hybridized carbons (Fsp3) is 0.857. The molecule has 19 heavy (non-hydrogen) atoms. The first-order valence-corrected chi connectivity index (χ1v) is 7.42. The molecule has 1 saturated carbocycles. The molecule has 1 fully saturated rings. The average molecular weight is 270 g/mol. The highest BCUT2D eigenvalue weighted by atomic mass is 16.4. The Morgan fingerprint density at radius 2 is 1.63 bits per heavy atom. The lowest BCUT2D eigenvalue weighted by Gasteiger charge is -2.09. The molecule has 110 valence electrons. The third-order valence-corrected chi connectivity index (χ3v) is 3.65. The molecule has 1 aliphatic carbocycles. The summed E-state index contributed by atoms with van der Waals surface area (Å²) in [6, 6.07) is -0.189. The standard InChI is InChI=1S/C14H26N2O3/c17-13(18)9-5-11-16-14(19)15-10-4-3-8-12-6-1-2-7-12/h12H,1-11H2,(H,17,18)(H2,15,16,19). The number of carboxylic acids is 1. The van der Waals surface area contributed by atoms with E-state index < -0.39 is 5.97 Å². The van der Waals surface area contributed by atoms with Gasteiger partial charge in [0.2, 0.25) is 0 Å². The molecule has 0 spiro atoms. The van der Waals surface area contributed by atoms with Crippen LogP contribution in [0.3, 0.4) is 0 Å². The Morgan fingerprint density at radius 1 is 1.00 bits per heavy atom. The quantitative estimate of drug-likeness (QED) is 0.563. The number of unbranched alkanes of at least 4 members (excludes halogenated alkanes) is 1. The minimum absolute atomic E-state index is 0.0989. The van der Waals surface area contributed by atoms with Gasteiger partial charge >= 0.3 is 12.0 Å². The van der Waals surface area contributed by atoms with E-state index in [1.807, 2.05) is 0 Å². The lowest BCUT2D eigenvalue weighted by Crippen LogP contribution is -2.36. The van der Waals surface area contributed by atoms with Gasteiger partial charge in [-0.3, -0.25) is 4.79 Å². The molecule has 0 atom stereocenters. The fourth-order valence-electron chi connectivity index (χ4n) is 2.56. The summed E-state index contributed by atoms with van der Waals surface area (Å²) in [5, 5.41) is 13.9. The lowest BCUT2D eigenvalue weighted by atomic mass is 10.0. The van der Waals surface area contributed by atoms with Gasteiger partial charge in [0.1, 0.15) is 0 Å². The molecular weight excluding hydrogens is 244 g/mol. The zero-order valence-electron chi connectivity index (χ0n) is 11.6. The summed E-state index contributed by atoms with van der Waals surface area (Å²) in [5.41, 5.74) is 0. The number of urea groups is 1. The number of amides is 2. The Kier molecular flexibility index (Phi) is 8.02. The van der Waals surface area contributed by atoms with Gasteiger partial charge in [-0.1, -0.05) is 38.5 Å². The van der Waals surface area contributed by atoms with Crippen molar-refractivity contribution >= 4 is 12.0 Å². The summed E-state index contributed by atoms with van der Waals surface area (Å²) in [6.45, 7) is 1.12. The summed E-state index contributed by atoms with van der Waals surface area (Å²) in [7, 11) is 0. The number of carboxylic acid groups (broad SMARTS) is 1. The number of hydrogen-bond donors (Lipinski definition) is 3. The van der Waals surface area contributed by atoms with E-state index in [9.17, 15) is 9.59 Å². The van der Waals surface area contributed by atoms with Crippen LogP contribution in [0.25, 0.3) is 0 Å². The summed E-state index contributed by atoms with van der Waals surface area (Å²) in [6.07, 6.45) is 9.63. The maximum atomic E-state index is 11.3. The van der Waals surface area contributed by atoms with Gasteiger partial charge < -0.3 is 15.7 Å². The number of nitrogens with one attached hydrogen (secondary N) is 2. The van der Waals surface area contributed by atoms with Crippen molar-refractivity contribution in [3.05, 3.63) is 0 Å². The molecule has 3 N–H and O–H groups in total. The van der Waals surface area contributed by atoms with Crippen molar-refractivity contribution in [3.63, 3.8) is 0 Å². The lowest BCUT2D eigenvalue weighted by molar-refractivity contribution is -0.137. The Hall–Kier alpha value is -1.26. The number of aliphatic carboxylic acids is 1. The number of hydrogen-bond acceptors (Lipinski definition) is 2. The molecule has 0 aliphatic heterocycles. The Morgan fingerprint density at radius 3 is 2.26 bits per heavy atom. The minimum atomic E-state index is -0.825. The molecule has 0 aromatic carbocycles. The molecule has 5 nitrogen and oxygen atoms in total. The second-order valence-corrected chi connectivity index (χ2v) is 5.33. The van der Waals surface area contributed by atoms with Crippen molar-refractivity contribution < 1.29 is 14.7 Å². The second-order valence-electron chi connectivity index (χ2n) is 5.33. The number of carbonyl (C=O) groups is 2. The zero-order chi connectivity index (χ0) is 13.9.